The monoisotopic (exact) mass is 258 g/mol. The Morgan fingerprint density at radius 1 is 1.29 bits per heavy atom. The molecule has 0 saturated carbocycles. The van der Waals surface area contributed by atoms with Crippen molar-refractivity contribution in [1.29, 1.82) is 0 Å². The molecule has 3 nitrogen and oxygen atoms in total. The number of nitrogens with zero attached hydrogens (tertiary/aromatic N) is 1. The number of aromatic amines is 1. The van der Waals surface area contributed by atoms with E-state index in [0.29, 0.717) is 4.47 Å². The van der Waals surface area contributed by atoms with Crippen LogP contribution in [0.5, 0.6) is 0 Å². The first kappa shape index (κ1) is 11.4. The van der Waals surface area contributed by atoms with Crippen molar-refractivity contribution in [3.63, 3.8) is 0 Å². The number of halogens is 1. The van der Waals surface area contributed by atoms with Gasteiger partial charge in [-0.25, -0.2) is 4.98 Å². The highest BCUT2D eigenvalue weighted by Gasteiger charge is 2.07. The number of hydrogen-bond acceptors (Lipinski definition) is 2. The van der Waals surface area contributed by atoms with E-state index in [1.54, 1.807) is 0 Å². The van der Waals surface area contributed by atoms with Crippen LogP contribution in [0, 0.1) is 0 Å². The molecule has 0 amide bonds. The molecule has 1 heterocycles. The Kier molecular flexibility index (Phi) is 4.32. The van der Waals surface area contributed by atoms with Crippen molar-refractivity contribution in [2.45, 2.75) is 39.5 Å². The van der Waals surface area contributed by atoms with Crippen LogP contribution < -0.4 is 5.56 Å². The fourth-order valence-electron chi connectivity index (χ4n) is 1.31. The molecule has 1 aromatic rings. The first-order valence-corrected chi connectivity index (χ1v) is 5.75. The molecule has 0 fully saturated rings. The minimum absolute atomic E-state index is 0.0631. The summed E-state index contributed by atoms with van der Waals surface area (Å²) in [7, 11) is 0. The van der Waals surface area contributed by atoms with Gasteiger partial charge in [-0.3, -0.25) is 4.79 Å². The highest BCUT2D eigenvalue weighted by atomic mass is 79.9. The zero-order chi connectivity index (χ0) is 10.6. The molecule has 0 radical (unpaired) electrons. The summed E-state index contributed by atoms with van der Waals surface area (Å²) in [5.74, 6) is 0.796. The van der Waals surface area contributed by atoms with E-state index in [4.69, 9.17) is 0 Å². The van der Waals surface area contributed by atoms with E-state index in [2.05, 4.69) is 39.7 Å². The largest absolute Gasteiger partial charge is 0.310 e. The molecule has 0 unspecified atom stereocenters. The molecule has 0 saturated heterocycles. The maximum atomic E-state index is 11.5. The molecule has 1 N–H and O–H groups in total. The number of hydrogen-bond donors (Lipinski definition) is 1. The Labute approximate surface area is 92.1 Å². The van der Waals surface area contributed by atoms with Crippen LogP contribution in [0.1, 0.15) is 38.2 Å². The fourth-order valence-corrected chi connectivity index (χ4v) is 1.70. The Bertz CT molecular complexity index is 360. The molecule has 78 valence electrons. The summed E-state index contributed by atoms with van der Waals surface area (Å²) in [6, 6.07) is 0. The van der Waals surface area contributed by atoms with Crippen molar-refractivity contribution in [2.75, 3.05) is 0 Å². The first-order chi connectivity index (χ1) is 6.69. The average molecular weight is 259 g/mol. The van der Waals surface area contributed by atoms with Crippen molar-refractivity contribution in [2.24, 2.45) is 0 Å². The normalized spacial score (nSPS) is 10.5. The summed E-state index contributed by atoms with van der Waals surface area (Å²) in [5.41, 5.74) is 0.812. The standard InChI is InChI=1S/C10H15BrN2O/c1-3-5-7-9(11)10(14)13-8(12-7)6-4-2/h3-6H2,1-2H3,(H,12,13,14). The lowest BCUT2D eigenvalue weighted by atomic mass is 10.2. The van der Waals surface area contributed by atoms with E-state index in [-0.39, 0.29) is 5.56 Å². The van der Waals surface area contributed by atoms with E-state index in [9.17, 15) is 4.79 Å². The molecule has 0 aliphatic heterocycles. The number of aryl methyl sites for hydroxylation is 2. The molecule has 1 aromatic heterocycles. The lowest BCUT2D eigenvalue weighted by Crippen LogP contribution is -2.15. The SMILES string of the molecule is CCCc1nc(CCC)c(Br)c(=O)[nH]1. The van der Waals surface area contributed by atoms with Gasteiger partial charge in [0.05, 0.1) is 5.69 Å². The second kappa shape index (κ2) is 5.29. The second-order valence-corrected chi connectivity index (χ2v) is 4.07. The maximum absolute atomic E-state index is 11.5. The Morgan fingerprint density at radius 3 is 2.50 bits per heavy atom. The summed E-state index contributed by atoms with van der Waals surface area (Å²) >= 11 is 3.26. The molecule has 14 heavy (non-hydrogen) atoms. The number of rotatable bonds is 4. The molecule has 0 bridgehead atoms. The van der Waals surface area contributed by atoms with Gasteiger partial charge in [0.25, 0.3) is 5.56 Å². The summed E-state index contributed by atoms with van der Waals surface area (Å²) < 4.78 is 0.583. The molecule has 4 heteroatoms. The van der Waals surface area contributed by atoms with Gasteiger partial charge in [0.2, 0.25) is 0 Å². The van der Waals surface area contributed by atoms with Crippen LogP contribution in [0.2, 0.25) is 0 Å². The average Bonchev–Trinajstić information content (AvgIpc) is 2.14. The van der Waals surface area contributed by atoms with Gasteiger partial charge >= 0.3 is 0 Å². The maximum Gasteiger partial charge on any atom is 0.265 e. The van der Waals surface area contributed by atoms with Gasteiger partial charge in [-0.05, 0) is 28.8 Å². The summed E-state index contributed by atoms with van der Waals surface area (Å²) in [6.07, 6.45) is 3.68. The lowest BCUT2D eigenvalue weighted by molar-refractivity contribution is 0.778. The van der Waals surface area contributed by atoms with E-state index in [1.807, 2.05) is 0 Å². The lowest BCUT2D eigenvalue weighted by Gasteiger charge is -2.04. The van der Waals surface area contributed by atoms with Crippen LogP contribution >= 0.6 is 15.9 Å². The number of aromatic nitrogens is 2. The zero-order valence-electron chi connectivity index (χ0n) is 8.56. The highest BCUT2D eigenvalue weighted by molar-refractivity contribution is 9.10. The third-order valence-corrected chi connectivity index (χ3v) is 2.77. The van der Waals surface area contributed by atoms with E-state index in [1.165, 1.54) is 0 Å². The molecule has 0 spiro atoms. The predicted molar refractivity (Wildman–Crippen MR) is 60.5 cm³/mol. The zero-order valence-corrected chi connectivity index (χ0v) is 10.1. The molecular formula is C10H15BrN2O. The quantitative estimate of drug-likeness (QED) is 0.902. The van der Waals surface area contributed by atoms with Gasteiger partial charge in [0.1, 0.15) is 10.3 Å². The molecule has 0 atom stereocenters. The molecule has 0 aliphatic rings. The van der Waals surface area contributed by atoms with Crippen LogP contribution in [0.15, 0.2) is 9.27 Å². The van der Waals surface area contributed by atoms with Crippen molar-refractivity contribution in [3.8, 4) is 0 Å². The number of H-pyrrole nitrogens is 1. The first-order valence-electron chi connectivity index (χ1n) is 4.96. The Hall–Kier alpha value is -0.640. The van der Waals surface area contributed by atoms with Gasteiger partial charge in [0.15, 0.2) is 0 Å². The van der Waals surface area contributed by atoms with Gasteiger partial charge in [-0.15, -0.1) is 0 Å². The number of nitrogens with one attached hydrogen (secondary N) is 1. The van der Waals surface area contributed by atoms with Gasteiger partial charge < -0.3 is 4.98 Å². The van der Waals surface area contributed by atoms with Gasteiger partial charge in [0, 0.05) is 6.42 Å². The Morgan fingerprint density at radius 2 is 1.93 bits per heavy atom. The molecule has 0 aliphatic carbocycles. The minimum atomic E-state index is -0.0631. The van der Waals surface area contributed by atoms with Gasteiger partial charge in [-0.1, -0.05) is 20.3 Å². The van der Waals surface area contributed by atoms with Gasteiger partial charge in [-0.2, -0.15) is 0 Å². The van der Waals surface area contributed by atoms with E-state index < -0.39 is 0 Å². The topological polar surface area (TPSA) is 45.8 Å². The fraction of sp³-hybridized carbons (Fsp3) is 0.600. The van der Waals surface area contributed by atoms with E-state index >= 15 is 0 Å². The molecular weight excluding hydrogens is 244 g/mol. The molecule has 0 aromatic carbocycles. The van der Waals surface area contributed by atoms with Crippen molar-refractivity contribution in [1.82, 2.24) is 9.97 Å². The van der Waals surface area contributed by atoms with Crippen LogP contribution in [0.25, 0.3) is 0 Å². The van der Waals surface area contributed by atoms with E-state index in [0.717, 1.165) is 37.2 Å². The smallest absolute Gasteiger partial charge is 0.265 e. The summed E-state index contributed by atoms with van der Waals surface area (Å²) in [6.45, 7) is 4.15. The highest BCUT2D eigenvalue weighted by Crippen LogP contribution is 2.11. The molecule has 1 rings (SSSR count). The third kappa shape index (κ3) is 2.67. The van der Waals surface area contributed by atoms with Crippen molar-refractivity contribution >= 4 is 15.9 Å². The third-order valence-electron chi connectivity index (χ3n) is 1.95. The minimum Gasteiger partial charge on any atom is -0.310 e. The van der Waals surface area contributed by atoms with Crippen molar-refractivity contribution < 1.29 is 0 Å². The predicted octanol–water partition coefficient (Wildman–Crippen LogP) is 2.44. The van der Waals surface area contributed by atoms with Crippen LogP contribution in [-0.2, 0) is 12.8 Å². The summed E-state index contributed by atoms with van der Waals surface area (Å²) in [5, 5.41) is 0. The van der Waals surface area contributed by atoms with Crippen LogP contribution in [0.4, 0.5) is 0 Å². The van der Waals surface area contributed by atoms with Crippen LogP contribution in [0.3, 0.4) is 0 Å². The van der Waals surface area contributed by atoms with Crippen molar-refractivity contribution in [3.05, 3.63) is 26.3 Å². The van der Waals surface area contributed by atoms with Crippen LogP contribution in [-0.4, -0.2) is 9.97 Å². The Balaban J connectivity index is 3.07. The summed E-state index contributed by atoms with van der Waals surface area (Å²) in [4.78, 5) is 18.6. The second-order valence-electron chi connectivity index (χ2n) is 3.27.